The first-order valence-electron chi connectivity index (χ1n) is 11.0. The predicted molar refractivity (Wildman–Crippen MR) is 124 cm³/mol. The van der Waals surface area contributed by atoms with Crippen LogP contribution in [-0.4, -0.2) is 11.9 Å². The van der Waals surface area contributed by atoms with Crippen LogP contribution in [0.15, 0.2) is 51.7 Å². The molecule has 1 aromatic heterocycles. The molecule has 0 saturated carbocycles. The second-order valence-electron chi connectivity index (χ2n) is 8.40. The van der Waals surface area contributed by atoms with Gasteiger partial charge in [0, 0.05) is 23.4 Å². The van der Waals surface area contributed by atoms with Crippen molar-refractivity contribution in [2.45, 2.75) is 59.0 Å². The van der Waals surface area contributed by atoms with E-state index in [4.69, 9.17) is 9.15 Å². The molecule has 3 aromatic rings. The number of allylic oxidation sites excluding steroid dienone is 1. The number of benzene rings is 2. The Hall–Kier alpha value is -3.14. The van der Waals surface area contributed by atoms with Crippen LogP contribution in [0.1, 0.15) is 72.1 Å². The molecule has 2 atom stereocenters. The normalized spacial score (nSPS) is 17.0. The molecule has 0 aliphatic carbocycles. The number of ether oxygens (including phenoxy) is 1. The van der Waals surface area contributed by atoms with Gasteiger partial charge in [0.25, 0.3) is 0 Å². The van der Waals surface area contributed by atoms with Gasteiger partial charge in [0.15, 0.2) is 11.4 Å². The summed E-state index contributed by atoms with van der Waals surface area (Å²) >= 11 is 0. The molecule has 1 aliphatic rings. The van der Waals surface area contributed by atoms with E-state index >= 15 is 0 Å². The van der Waals surface area contributed by atoms with E-state index in [1.807, 2.05) is 32.0 Å². The second kappa shape index (κ2) is 8.54. The highest BCUT2D eigenvalue weighted by molar-refractivity contribution is 6.12. The molecule has 0 spiro atoms. The number of ketones is 1. The van der Waals surface area contributed by atoms with E-state index in [0.717, 1.165) is 34.9 Å². The van der Waals surface area contributed by atoms with E-state index in [1.165, 1.54) is 5.56 Å². The van der Waals surface area contributed by atoms with Gasteiger partial charge in [-0.3, -0.25) is 4.79 Å². The van der Waals surface area contributed by atoms with Gasteiger partial charge in [0.1, 0.15) is 17.4 Å². The van der Waals surface area contributed by atoms with Crippen LogP contribution in [0.25, 0.3) is 17.0 Å². The summed E-state index contributed by atoms with van der Waals surface area (Å²) in [6.07, 6.45) is 5.88. The monoisotopic (exact) mass is 416 g/mol. The highest BCUT2D eigenvalue weighted by Gasteiger charge is 2.31. The molecule has 4 nitrogen and oxygen atoms in total. The summed E-state index contributed by atoms with van der Waals surface area (Å²) in [7, 11) is 0. The first-order valence-corrected chi connectivity index (χ1v) is 11.0. The first-order chi connectivity index (χ1) is 14.9. The standard InChI is InChI=1S/C27H28O4/c1-5-9-20-15-23(29)31-27-24(20)18(4)21(26-25(27)22(28)14-17(3)30-26)13-12-16(2)19-10-7-6-8-11-19/h6-8,10-13,15-17H,5,9,14H2,1-4H3/b13-12-. The van der Waals surface area contributed by atoms with Gasteiger partial charge >= 0.3 is 5.63 Å². The smallest absolute Gasteiger partial charge is 0.336 e. The molecule has 2 aromatic carbocycles. The van der Waals surface area contributed by atoms with Crippen LogP contribution in [0.5, 0.6) is 5.75 Å². The third kappa shape index (κ3) is 3.95. The minimum atomic E-state index is -0.426. The zero-order valence-electron chi connectivity index (χ0n) is 18.5. The van der Waals surface area contributed by atoms with Crippen molar-refractivity contribution in [3.05, 3.63) is 80.7 Å². The fourth-order valence-corrected chi connectivity index (χ4v) is 4.43. The molecule has 1 aliphatic heterocycles. The van der Waals surface area contributed by atoms with Crippen molar-refractivity contribution in [3.8, 4) is 5.75 Å². The molecular weight excluding hydrogens is 388 g/mol. The Bertz CT molecular complexity index is 1220. The van der Waals surface area contributed by atoms with Crippen molar-refractivity contribution < 1.29 is 13.9 Å². The lowest BCUT2D eigenvalue weighted by molar-refractivity contribution is 0.0871. The number of fused-ring (bicyclic) bond motifs is 3. The highest BCUT2D eigenvalue weighted by atomic mass is 16.5. The van der Waals surface area contributed by atoms with E-state index in [-0.39, 0.29) is 24.2 Å². The van der Waals surface area contributed by atoms with Crippen LogP contribution in [-0.2, 0) is 6.42 Å². The Labute approximate surface area is 182 Å². The van der Waals surface area contributed by atoms with E-state index in [9.17, 15) is 9.59 Å². The number of aryl methyl sites for hydroxylation is 2. The van der Waals surface area contributed by atoms with Gasteiger partial charge in [-0.2, -0.15) is 0 Å². The Balaban J connectivity index is 1.97. The minimum absolute atomic E-state index is 0.0405. The van der Waals surface area contributed by atoms with Gasteiger partial charge in [-0.25, -0.2) is 4.79 Å². The molecule has 0 saturated heterocycles. The van der Waals surface area contributed by atoms with Gasteiger partial charge in [0.05, 0.1) is 0 Å². The van der Waals surface area contributed by atoms with Crippen molar-refractivity contribution in [3.63, 3.8) is 0 Å². The van der Waals surface area contributed by atoms with Crippen molar-refractivity contribution in [1.82, 2.24) is 0 Å². The summed E-state index contributed by atoms with van der Waals surface area (Å²) in [6, 6.07) is 11.8. The number of Topliss-reactive ketones (excluding diaryl/α,β-unsaturated/α-hetero) is 1. The number of carbonyl (C=O) groups excluding carboxylic acids is 1. The molecule has 31 heavy (non-hydrogen) atoms. The molecule has 2 heterocycles. The Morgan fingerprint density at radius 2 is 1.94 bits per heavy atom. The molecular formula is C27H28O4. The number of carbonyl (C=O) groups is 1. The second-order valence-corrected chi connectivity index (χ2v) is 8.40. The van der Waals surface area contributed by atoms with Gasteiger partial charge < -0.3 is 9.15 Å². The van der Waals surface area contributed by atoms with Gasteiger partial charge in [-0.1, -0.05) is 62.8 Å². The fourth-order valence-electron chi connectivity index (χ4n) is 4.43. The minimum Gasteiger partial charge on any atom is -0.489 e. The van der Waals surface area contributed by atoms with Crippen LogP contribution in [0.2, 0.25) is 0 Å². The van der Waals surface area contributed by atoms with E-state index < -0.39 is 5.63 Å². The quantitative estimate of drug-likeness (QED) is 0.463. The highest BCUT2D eigenvalue weighted by Crippen LogP contribution is 2.42. The van der Waals surface area contributed by atoms with Crippen LogP contribution >= 0.6 is 0 Å². The predicted octanol–water partition coefficient (Wildman–Crippen LogP) is 6.22. The molecule has 0 amide bonds. The Morgan fingerprint density at radius 1 is 1.19 bits per heavy atom. The lowest BCUT2D eigenvalue weighted by Crippen LogP contribution is -2.25. The van der Waals surface area contributed by atoms with Crippen LogP contribution < -0.4 is 10.4 Å². The summed E-state index contributed by atoms with van der Waals surface area (Å²) in [5.41, 5.74) is 4.34. The van der Waals surface area contributed by atoms with Crippen molar-refractivity contribution in [2.24, 2.45) is 0 Å². The summed E-state index contributed by atoms with van der Waals surface area (Å²) in [5, 5.41) is 0.860. The number of hydrogen-bond acceptors (Lipinski definition) is 4. The van der Waals surface area contributed by atoms with Crippen molar-refractivity contribution in [1.29, 1.82) is 0 Å². The molecule has 0 bridgehead atoms. The molecule has 0 N–H and O–H groups in total. The number of hydrogen-bond donors (Lipinski definition) is 0. The third-order valence-corrected chi connectivity index (χ3v) is 5.99. The summed E-state index contributed by atoms with van der Waals surface area (Å²) in [6.45, 7) is 8.13. The number of rotatable bonds is 5. The zero-order valence-corrected chi connectivity index (χ0v) is 18.5. The van der Waals surface area contributed by atoms with E-state index in [1.54, 1.807) is 6.07 Å². The summed E-state index contributed by atoms with van der Waals surface area (Å²) < 4.78 is 11.8. The van der Waals surface area contributed by atoms with Crippen molar-refractivity contribution in [2.75, 3.05) is 0 Å². The average Bonchev–Trinajstić information content (AvgIpc) is 2.73. The Kier molecular flexibility index (Phi) is 5.81. The van der Waals surface area contributed by atoms with E-state index in [2.05, 4.69) is 38.1 Å². The van der Waals surface area contributed by atoms with Crippen LogP contribution in [0.4, 0.5) is 0 Å². The molecule has 4 rings (SSSR count). The average molecular weight is 417 g/mol. The first kappa shape index (κ1) is 21.1. The maximum absolute atomic E-state index is 13.0. The molecule has 0 fully saturated rings. The van der Waals surface area contributed by atoms with Gasteiger partial charge in [-0.15, -0.1) is 0 Å². The molecule has 0 radical (unpaired) electrons. The molecule has 2 unspecified atom stereocenters. The lowest BCUT2D eigenvalue weighted by Gasteiger charge is -2.26. The molecule has 160 valence electrons. The maximum atomic E-state index is 13.0. The topological polar surface area (TPSA) is 56.5 Å². The van der Waals surface area contributed by atoms with Crippen LogP contribution in [0.3, 0.4) is 0 Å². The Morgan fingerprint density at radius 3 is 2.65 bits per heavy atom. The van der Waals surface area contributed by atoms with Gasteiger partial charge in [0.2, 0.25) is 0 Å². The molecule has 4 heteroatoms. The summed E-state index contributed by atoms with van der Waals surface area (Å²) in [4.78, 5) is 25.3. The van der Waals surface area contributed by atoms with Crippen LogP contribution in [0, 0.1) is 6.92 Å². The largest absolute Gasteiger partial charge is 0.489 e. The third-order valence-electron chi connectivity index (χ3n) is 5.99. The maximum Gasteiger partial charge on any atom is 0.336 e. The summed E-state index contributed by atoms with van der Waals surface area (Å²) in [5.74, 6) is 0.691. The fraction of sp³-hybridized carbons (Fsp3) is 0.333. The SMILES string of the molecule is CCCc1cc(=O)oc2c3c(c(/C=C\C(C)c4ccccc4)c(C)c12)OC(C)CC3=O. The lowest BCUT2D eigenvalue weighted by atomic mass is 9.88. The van der Waals surface area contributed by atoms with E-state index in [0.29, 0.717) is 16.9 Å². The van der Waals surface area contributed by atoms with Crippen molar-refractivity contribution >= 4 is 22.8 Å². The van der Waals surface area contributed by atoms with Gasteiger partial charge in [-0.05, 0) is 42.9 Å². The zero-order chi connectivity index (χ0) is 22.1.